The summed E-state index contributed by atoms with van der Waals surface area (Å²) >= 11 is 0. The summed E-state index contributed by atoms with van der Waals surface area (Å²) in [4.78, 5) is 12.0. The second kappa shape index (κ2) is 11.9. The molecule has 0 aliphatic heterocycles. The number of ether oxygens (including phenoxy) is 7. The average Bonchev–Trinajstić information content (AvgIpc) is 2.81. The number of rotatable bonds is 12. The summed E-state index contributed by atoms with van der Waals surface area (Å²) in [6.07, 6.45) is 1.01. The Bertz CT molecular complexity index is 919. The Kier molecular flexibility index (Phi) is 9.27. The Hall–Kier alpha value is -3.55. The molecule has 8 nitrogen and oxygen atoms in total. The van der Waals surface area contributed by atoms with Crippen LogP contribution < -0.4 is 28.4 Å². The topological polar surface area (TPSA) is 81.7 Å². The molecule has 2 aromatic carbocycles. The van der Waals surface area contributed by atoms with Gasteiger partial charge in [-0.1, -0.05) is 6.08 Å². The summed E-state index contributed by atoms with van der Waals surface area (Å²) in [5, 5.41) is 0. The molecule has 33 heavy (non-hydrogen) atoms. The molecule has 0 unspecified atom stereocenters. The number of carbonyl (C=O) groups is 1. The fraction of sp³-hybridized carbons (Fsp3) is 0.400. The summed E-state index contributed by atoms with van der Waals surface area (Å²) in [7, 11) is 7.65. The lowest BCUT2D eigenvalue weighted by atomic mass is 10.0. The highest BCUT2D eigenvalue weighted by molar-refractivity contribution is 5.66. The van der Waals surface area contributed by atoms with E-state index in [9.17, 15) is 4.79 Å². The van der Waals surface area contributed by atoms with Gasteiger partial charge in [0.1, 0.15) is 6.10 Å². The van der Waals surface area contributed by atoms with Crippen molar-refractivity contribution in [3.8, 4) is 34.5 Å². The highest BCUT2D eigenvalue weighted by Crippen LogP contribution is 2.43. The Labute approximate surface area is 194 Å². The molecule has 8 heteroatoms. The van der Waals surface area contributed by atoms with Gasteiger partial charge in [0.15, 0.2) is 29.1 Å². The van der Waals surface area contributed by atoms with Crippen LogP contribution in [0.5, 0.6) is 34.5 Å². The van der Waals surface area contributed by atoms with Gasteiger partial charge in [0.25, 0.3) is 0 Å². The second-order valence-electron chi connectivity index (χ2n) is 7.13. The van der Waals surface area contributed by atoms with E-state index in [0.717, 1.165) is 5.56 Å². The molecular weight excluding hydrogens is 428 g/mol. The van der Waals surface area contributed by atoms with Crippen LogP contribution in [0.4, 0.5) is 0 Å². The second-order valence-corrected chi connectivity index (χ2v) is 7.13. The molecule has 2 atom stereocenters. The predicted molar refractivity (Wildman–Crippen MR) is 124 cm³/mol. The van der Waals surface area contributed by atoms with Gasteiger partial charge in [-0.2, -0.15) is 0 Å². The summed E-state index contributed by atoms with van der Waals surface area (Å²) in [5.41, 5.74) is 1.56. The molecule has 0 saturated carbocycles. The number of allylic oxidation sites excluding steroid dienone is 1. The first-order valence-corrected chi connectivity index (χ1v) is 10.3. The number of esters is 1. The fourth-order valence-electron chi connectivity index (χ4n) is 3.46. The first-order valence-electron chi connectivity index (χ1n) is 10.3. The maximum atomic E-state index is 12.0. The normalized spacial score (nSPS) is 12.2. The Morgan fingerprint density at radius 3 is 1.73 bits per heavy atom. The van der Waals surface area contributed by atoms with Gasteiger partial charge in [-0.25, -0.2) is 0 Å². The lowest BCUT2D eigenvalue weighted by molar-refractivity contribution is -0.151. The van der Waals surface area contributed by atoms with E-state index in [1.807, 2.05) is 12.1 Å². The number of methoxy groups -OCH3 is 5. The van der Waals surface area contributed by atoms with E-state index in [-0.39, 0.29) is 0 Å². The lowest BCUT2D eigenvalue weighted by Crippen LogP contribution is -2.26. The van der Waals surface area contributed by atoms with Crippen molar-refractivity contribution in [3.63, 3.8) is 0 Å². The fourth-order valence-corrected chi connectivity index (χ4v) is 3.46. The summed E-state index contributed by atoms with van der Waals surface area (Å²) in [6, 6.07) is 7.14. The van der Waals surface area contributed by atoms with E-state index >= 15 is 0 Å². The maximum Gasteiger partial charge on any atom is 0.303 e. The summed E-state index contributed by atoms with van der Waals surface area (Å²) in [5.74, 6) is 2.20. The van der Waals surface area contributed by atoms with Crippen molar-refractivity contribution in [2.45, 2.75) is 32.5 Å². The highest BCUT2D eigenvalue weighted by atomic mass is 16.6. The van der Waals surface area contributed by atoms with Gasteiger partial charge in [-0.05, 0) is 43.2 Å². The van der Waals surface area contributed by atoms with E-state index in [1.165, 1.54) is 28.3 Å². The van der Waals surface area contributed by atoms with Crippen molar-refractivity contribution in [1.29, 1.82) is 0 Å². The van der Waals surface area contributed by atoms with Gasteiger partial charge in [-0.3, -0.25) is 4.79 Å². The number of hydrogen-bond donors (Lipinski definition) is 0. The van der Waals surface area contributed by atoms with E-state index in [1.54, 1.807) is 39.4 Å². The zero-order chi connectivity index (χ0) is 24.5. The molecule has 0 N–H and O–H groups in total. The molecule has 0 aliphatic rings. The van der Waals surface area contributed by atoms with Gasteiger partial charge in [-0.15, -0.1) is 6.58 Å². The number of benzene rings is 2. The van der Waals surface area contributed by atoms with Gasteiger partial charge in [0, 0.05) is 12.5 Å². The first kappa shape index (κ1) is 25.7. The van der Waals surface area contributed by atoms with Crippen LogP contribution in [0.1, 0.15) is 31.1 Å². The summed E-state index contributed by atoms with van der Waals surface area (Å²) in [6.45, 7) is 6.89. The third-order valence-electron chi connectivity index (χ3n) is 4.94. The number of carbonyl (C=O) groups excluding carboxylic acids is 1. The minimum Gasteiger partial charge on any atom is -0.493 e. The zero-order valence-corrected chi connectivity index (χ0v) is 20.2. The van der Waals surface area contributed by atoms with Crippen LogP contribution in [0, 0.1) is 0 Å². The van der Waals surface area contributed by atoms with Crippen LogP contribution in [0.3, 0.4) is 0 Å². The number of hydrogen-bond acceptors (Lipinski definition) is 8. The monoisotopic (exact) mass is 460 g/mol. The molecule has 180 valence electrons. The quantitative estimate of drug-likeness (QED) is 0.338. The molecule has 0 bridgehead atoms. The van der Waals surface area contributed by atoms with Crippen molar-refractivity contribution >= 4 is 5.97 Å². The van der Waals surface area contributed by atoms with Crippen molar-refractivity contribution in [1.82, 2.24) is 0 Å². The van der Waals surface area contributed by atoms with Gasteiger partial charge < -0.3 is 33.2 Å². The third kappa shape index (κ3) is 6.03. The third-order valence-corrected chi connectivity index (χ3v) is 4.94. The largest absolute Gasteiger partial charge is 0.493 e. The minimum atomic E-state index is -0.793. The van der Waals surface area contributed by atoms with Gasteiger partial charge in [0.05, 0.1) is 35.5 Å². The van der Waals surface area contributed by atoms with E-state index in [2.05, 4.69) is 6.58 Å². The molecule has 0 heterocycles. The molecule has 0 radical (unpaired) electrons. The van der Waals surface area contributed by atoms with Crippen LogP contribution in [0.25, 0.3) is 0 Å². The smallest absolute Gasteiger partial charge is 0.303 e. The van der Waals surface area contributed by atoms with Crippen molar-refractivity contribution < 1.29 is 38.0 Å². The van der Waals surface area contributed by atoms with Crippen molar-refractivity contribution in [3.05, 3.63) is 48.0 Å². The Morgan fingerprint density at radius 1 is 0.848 bits per heavy atom. The van der Waals surface area contributed by atoms with Crippen LogP contribution in [0.15, 0.2) is 36.9 Å². The van der Waals surface area contributed by atoms with Crippen molar-refractivity contribution in [2.24, 2.45) is 0 Å². The zero-order valence-electron chi connectivity index (χ0n) is 20.2. The van der Waals surface area contributed by atoms with Gasteiger partial charge in [0.2, 0.25) is 11.5 Å². The Morgan fingerprint density at radius 2 is 1.33 bits per heavy atom. The molecule has 0 fully saturated rings. The van der Waals surface area contributed by atoms with Crippen molar-refractivity contribution in [2.75, 3.05) is 35.5 Å². The van der Waals surface area contributed by atoms with E-state index < -0.39 is 18.2 Å². The van der Waals surface area contributed by atoms with Crippen LogP contribution in [-0.2, 0) is 16.0 Å². The SMILES string of the molecule is C=CCc1cc(OC)c(O[C@H](C)[C@H](OC(C)=O)c2cc(OC)c(OC)c(OC)c2)c(OC)c1. The maximum absolute atomic E-state index is 12.0. The molecular formula is C25H32O8. The van der Waals surface area contributed by atoms with Crippen LogP contribution in [0.2, 0.25) is 0 Å². The average molecular weight is 461 g/mol. The van der Waals surface area contributed by atoms with Crippen LogP contribution >= 0.6 is 0 Å². The minimum absolute atomic E-state index is 0.393. The first-order chi connectivity index (χ1) is 15.8. The molecule has 2 aromatic rings. The standard InChI is InChI=1S/C25H32O8/c1-9-10-17-11-19(27-4)25(20(12-17)28-5)32-15(2)23(33-16(3)26)18-13-21(29-6)24(31-8)22(14-18)30-7/h9,11-15,23H,1,10H2,2-8H3/t15-,23+/m1/s1. The molecule has 2 rings (SSSR count). The molecule has 0 aromatic heterocycles. The molecule has 0 spiro atoms. The van der Waals surface area contributed by atoms with E-state index in [0.29, 0.717) is 46.5 Å². The molecule has 0 saturated heterocycles. The Balaban J connectivity index is 2.53. The predicted octanol–water partition coefficient (Wildman–Crippen LogP) is 4.53. The molecule has 0 aliphatic carbocycles. The lowest BCUT2D eigenvalue weighted by Gasteiger charge is -2.27. The highest BCUT2D eigenvalue weighted by Gasteiger charge is 2.29. The summed E-state index contributed by atoms with van der Waals surface area (Å²) < 4.78 is 39.3. The van der Waals surface area contributed by atoms with E-state index in [4.69, 9.17) is 33.2 Å². The molecule has 0 amide bonds. The van der Waals surface area contributed by atoms with Crippen LogP contribution in [-0.4, -0.2) is 47.6 Å². The van der Waals surface area contributed by atoms with Gasteiger partial charge >= 0.3 is 5.97 Å².